The van der Waals surface area contributed by atoms with E-state index in [1.165, 1.54) is 5.56 Å². The number of benzene rings is 2. The maximum Gasteiger partial charge on any atom is 0.220 e. The number of carbonyl (C=O) groups is 1. The second kappa shape index (κ2) is 7.77. The van der Waals surface area contributed by atoms with Crippen molar-refractivity contribution in [2.75, 3.05) is 6.54 Å². The predicted octanol–water partition coefficient (Wildman–Crippen LogP) is 3.81. The second-order valence-electron chi connectivity index (χ2n) is 6.17. The van der Waals surface area contributed by atoms with Gasteiger partial charge in [0.2, 0.25) is 5.91 Å². The maximum atomic E-state index is 12.0. The van der Waals surface area contributed by atoms with Gasteiger partial charge in [-0.3, -0.25) is 4.79 Å². The van der Waals surface area contributed by atoms with Crippen LogP contribution < -0.4 is 5.32 Å². The van der Waals surface area contributed by atoms with Crippen LogP contribution in [0.15, 0.2) is 54.6 Å². The molecule has 3 rings (SSSR count). The van der Waals surface area contributed by atoms with Gasteiger partial charge < -0.3 is 10.3 Å². The van der Waals surface area contributed by atoms with Gasteiger partial charge >= 0.3 is 0 Å². The van der Waals surface area contributed by atoms with Crippen molar-refractivity contribution >= 4 is 16.9 Å². The van der Waals surface area contributed by atoms with E-state index < -0.39 is 0 Å². The van der Waals surface area contributed by atoms with E-state index in [9.17, 15) is 4.79 Å². The first-order chi connectivity index (χ1) is 11.7. The summed E-state index contributed by atoms with van der Waals surface area (Å²) in [7, 11) is 0. The Balaban J connectivity index is 1.41. The fourth-order valence-corrected chi connectivity index (χ4v) is 2.80. The average molecular weight is 321 g/mol. The molecule has 2 N–H and O–H groups in total. The minimum Gasteiger partial charge on any atom is -0.356 e. The summed E-state index contributed by atoms with van der Waals surface area (Å²) in [5, 5.41) is 3.02. The number of carbonyl (C=O) groups excluding carboxylic acids is 1. The van der Waals surface area contributed by atoms with Crippen LogP contribution in [-0.4, -0.2) is 22.4 Å². The molecule has 4 heteroatoms. The zero-order valence-corrected chi connectivity index (χ0v) is 14.0. The Morgan fingerprint density at radius 2 is 1.88 bits per heavy atom. The molecule has 0 saturated heterocycles. The molecular formula is C20H23N3O. The van der Waals surface area contributed by atoms with E-state index in [1.54, 1.807) is 0 Å². The third-order valence-electron chi connectivity index (χ3n) is 4.23. The molecule has 124 valence electrons. The van der Waals surface area contributed by atoms with Gasteiger partial charge in [0.15, 0.2) is 0 Å². The van der Waals surface area contributed by atoms with Crippen molar-refractivity contribution in [3.63, 3.8) is 0 Å². The van der Waals surface area contributed by atoms with E-state index >= 15 is 0 Å². The van der Waals surface area contributed by atoms with Gasteiger partial charge in [-0.05, 0) is 30.0 Å². The topological polar surface area (TPSA) is 57.8 Å². The zero-order valence-electron chi connectivity index (χ0n) is 14.0. The van der Waals surface area contributed by atoms with Crippen LogP contribution in [0, 0.1) is 0 Å². The number of para-hydroxylation sites is 2. The van der Waals surface area contributed by atoms with E-state index in [-0.39, 0.29) is 5.91 Å². The van der Waals surface area contributed by atoms with Gasteiger partial charge in [0.25, 0.3) is 0 Å². The molecule has 1 aromatic heterocycles. The lowest BCUT2D eigenvalue weighted by molar-refractivity contribution is -0.121. The summed E-state index contributed by atoms with van der Waals surface area (Å²) >= 11 is 0. The SMILES string of the molecule is C[C@H](CNC(=O)CCCc1nc2ccccc2[nH]1)c1ccccc1. The molecule has 0 aliphatic rings. The fourth-order valence-electron chi connectivity index (χ4n) is 2.80. The number of fused-ring (bicyclic) bond motifs is 1. The van der Waals surface area contributed by atoms with E-state index in [0.29, 0.717) is 18.9 Å². The predicted molar refractivity (Wildman–Crippen MR) is 96.9 cm³/mol. The van der Waals surface area contributed by atoms with Crippen molar-refractivity contribution in [1.82, 2.24) is 15.3 Å². The molecule has 0 fully saturated rings. The molecule has 1 heterocycles. The fraction of sp³-hybridized carbons (Fsp3) is 0.300. The van der Waals surface area contributed by atoms with Gasteiger partial charge in [-0.1, -0.05) is 49.4 Å². The van der Waals surface area contributed by atoms with Crippen molar-refractivity contribution in [3.8, 4) is 0 Å². The van der Waals surface area contributed by atoms with Gasteiger partial charge in [-0.15, -0.1) is 0 Å². The van der Waals surface area contributed by atoms with Crippen LogP contribution >= 0.6 is 0 Å². The van der Waals surface area contributed by atoms with Crippen molar-refractivity contribution in [1.29, 1.82) is 0 Å². The Labute approximate surface area is 142 Å². The van der Waals surface area contributed by atoms with Crippen LogP contribution in [0.3, 0.4) is 0 Å². The first kappa shape index (κ1) is 16.2. The lowest BCUT2D eigenvalue weighted by Gasteiger charge is -2.12. The zero-order chi connectivity index (χ0) is 16.8. The van der Waals surface area contributed by atoms with Gasteiger partial charge in [-0.2, -0.15) is 0 Å². The summed E-state index contributed by atoms with van der Waals surface area (Å²) in [6.07, 6.45) is 2.11. The maximum absolute atomic E-state index is 12.0. The van der Waals surface area contributed by atoms with Gasteiger partial charge in [-0.25, -0.2) is 4.98 Å². The first-order valence-corrected chi connectivity index (χ1v) is 8.47. The van der Waals surface area contributed by atoms with E-state index in [1.807, 2.05) is 42.5 Å². The standard InChI is InChI=1S/C20H23N3O/c1-15(16-8-3-2-4-9-16)14-21-20(24)13-7-12-19-22-17-10-5-6-11-18(17)23-19/h2-6,8-11,15H,7,12-14H2,1H3,(H,21,24)(H,22,23)/t15-/m1/s1. The number of aromatic nitrogens is 2. The van der Waals surface area contributed by atoms with Crippen LogP contribution in [-0.2, 0) is 11.2 Å². The van der Waals surface area contributed by atoms with Crippen molar-refractivity contribution in [2.24, 2.45) is 0 Å². The average Bonchev–Trinajstić information content (AvgIpc) is 3.03. The monoisotopic (exact) mass is 321 g/mol. The summed E-state index contributed by atoms with van der Waals surface area (Å²) < 4.78 is 0. The van der Waals surface area contributed by atoms with Crippen LogP contribution in [0.5, 0.6) is 0 Å². The number of imidazole rings is 1. The minimum atomic E-state index is 0.105. The van der Waals surface area contributed by atoms with Crippen LogP contribution in [0.25, 0.3) is 11.0 Å². The minimum absolute atomic E-state index is 0.105. The number of aryl methyl sites for hydroxylation is 1. The molecule has 0 radical (unpaired) electrons. The molecule has 24 heavy (non-hydrogen) atoms. The molecule has 0 saturated carbocycles. The normalized spacial score (nSPS) is 12.2. The van der Waals surface area contributed by atoms with E-state index in [0.717, 1.165) is 29.7 Å². The first-order valence-electron chi connectivity index (χ1n) is 8.47. The summed E-state index contributed by atoms with van der Waals surface area (Å²) in [5.41, 5.74) is 3.28. The summed E-state index contributed by atoms with van der Waals surface area (Å²) in [4.78, 5) is 19.8. The number of hydrogen-bond donors (Lipinski definition) is 2. The molecule has 4 nitrogen and oxygen atoms in total. The lowest BCUT2D eigenvalue weighted by Crippen LogP contribution is -2.27. The highest BCUT2D eigenvalue weighted by Gasteiger charge is 2.08. The Bertz CT molecular complexity index is 762. The summed E-state index contributed by atoms with van der Waals surface area (Å²) in [6, 6.07) is 18.2. The Hall–Kier alpha value is -2.62. The third-order valence-corrected chi connectivity index (χ3v) is 4.23. The highest BCUT2D eigenvalue weighted by atomic mass is 16.1. The molecule has 0 bridgehead atoms. The van der Waals surface area contributed by atoms with Crippen LogP contribution in [0.1, 0.15) is 37.1 Å². The second-order valence-corrected chi connectivity index (χ2v) is 6.17. The number of nitrogens with zero attached hydrogens (tertiary/aromatic N) is 1. The van der Waals surface area contributed by atoms with Gasteiger partial charge in [0.1, 0.15) is 5.82 Å². The molecule has 0 spiro atoms. The van der Waals surface area contributed by atoms with E-state index in [2.05, 4.69) is 34.3 Å². The van der Waals surface area contributed by atoms with Gasteiger partial charge in [0.05, 0.1) is 11.0 Å². The number of H-pyrrole nitrogens is 1. The smallest absolute Gasteiger partial charge is 0.220 e. The number of hydrogen-bond acceptors (Lipinski definition) is 2. The highest BCUT2D eigenvalue weighted by molar-refractivity contribution is 5.76. The summed E-state index contributed by atoms with van der Waals surface area (Å²) in [5.74, 6) is 1.38. The number of rotatable bonds is 7. The Kier molecular flexibility index (Phi) is 5.26. The third kappa shape index (κ3) is 4.22. The lowest BCUT2D eigenvalue weighted by atomic mass is 10.0. The van der Waals surface area contributed by atoms with Crippen molar-refractivity contribution < 1.29 is 4.79 Å². The van der Waals surface area contributed by atoms with Crippen molar-refractivity contribution in [2.45, 2.75) is 32.1 Å². The highest BCUT2D eigenvalue weighted by Crippen LogP contribution is 2.14. The molecule has 2 aromatic carbocycles. The summed E-state index contributed by atoms with van der Waals surface area (Å²) in [6.45, 7) is 2.80. The molecule has 0 unspecified atom stereocenters. The number of amides is 1. The molecule has 1 amide bonds. The molecule has 0 aliphatic carbocycles. The van der Waals surface area contributed by atoms with Crippen LogP contribution in [0.2, 0.25) is 0 Å². The largest absolute Gasteiger partial charge is 0.356 e. The molecular weight excluding hydrogens is 298 g/mol. The molecule has 3 aromatic rings. The number of aromatic amines is 1. The van der Waals surface area contributed by atoms with Crippen LogP contribution in [0.4, 0.5) is 0 Å². The quantitative estimate of drug-likeness (QED) is 0.695. The Morgan fingerprint density at radius 1 is 1.12 bits per heavy atom. The van der Waals surface area contributed by atoms with Crippen molar-refractivity contribution in [3.05, 3.63) is 66.0 Å². The Morgan fingerprint density at radius 3 is 2.67 bits per heavy atom. The molecule has 0 aliphatic heterocycles. The number of nitrogens with one attached hydrogen (secondary N) is 2. The molecule has 1 atom stereocenters. The van der Waals surface area contributed by atoms with E-state index in [4.69, 9.17) is 0 Å². The van der Waals surface area contributed by atoms with Gasteiger partial charge in [0, 0.05) is 19.4 Å².